The van der Waals surface area contributed by atoms with Crippen LogP contribution < -0.4 is 11.1 Å². The molecule has 3 aromatic rings. The fraction of sp³-hybridized carbons (Fsp3) is 0.333. The molecule has 3 aromatic heterocycles. The lowest BCUT2D eigenvalue weighted by molar-refractivity contribution is -0.116. The summed E-state index contributed by atoms with van der Waals surface area (Å²) in [6, 6.07) is 1.23. The standard InChI is InChI=1S/C18H18ClF2N5O2S/c1-7-6-10(16(20)21)23-18-12(7)14(15(29-18)17(22)28)24-11(27)4-5-26-9(3)13(19)8(2)25-26/h6,16H,4-5H2,1-3H3,(H2,22,28)(H,24,27). The molecule has 3 heterocycles. The van der Waals surface area contributed by atoms with Gasteiger partial charge in [0.05, 0.1) is 28.6 Å². The van der Waals surface area contributed by atoms with Gasteiger partial charge in [0.15, 0.2) is 0 Å². The average Bonchev–Trinajstić information content (AvgIpc) is 3.13. The number of rotatable bonds is 6. The summed E-state index contributed by atoms with van der Waals surface area (Å²) < 4.78 is 27.7. The first-order chi connectivity index (χ1) is 13.6. The molecule has 7 nitrogen and oxygen atoms in total. The normalized spacial score (nSPS) is 11.4. The number of alkyl halides is 2. The lowest BCUT2D eigenvalue weighted by atomic mass is 10.1. The van der Waals surface area contributed by atoms with Gasteiger partial charge >= 0.3 is 0 Å². The van der Waals surface area contributed by atoms with Gasteiger partial charge in [-0.2, -0.15) is 5.10 Å². The maximum atomic E-state index is 13.0. The quantitative estimate of drug-likeness (QED) is 0.600. The van der Waals surface area contributed by atoms with Crippen molar-refractivity contribution in [3.8, 4) is 0 Å². The number of halogens is 3. The Morgan fingerprint density at radius 3 is 2.59 bits per heavy atom. The van der Waals surface area contributed by atoms with Crippen molar-refractivity contribution in [2.24, 2.45) is 5.73 Å². The third-order valence-electron chi connectivity index (χ3n) is 4.43. The molecule has 0 fully saturated rings. The van der Waals surface area contributed by atoms with E-state index in [2.05, 4.69) is 15.4 Å². The number of carbonyl (C=O) groups excluding carboxylic acids is 2. The van der Waals surface area contributed by atoms with Crippen LogP contribution in [0.2, 0.25) is 5.02 Å². The summed E-state index contributed by atoms with van der Waals surface area (Å²) in [6.07, 6.45) is -2.68. The van der Waals surface area contributed by atoms with Gasteiger partial charge in [-0.3, -0.25) is 14.3 Å². The van der Waals surface area contributed by atoms with E-state index >= 15 is 0 Å². The number of pyridine rings is 1. The van der Waals surface area contributed by atoms with Crippen molar-refractivity contribution in [1.82, 2.24) is 14.8 Å². The third-order valence-corrected chi connectivity index (χ3v) is 6.08. The Morgan fingerprint density at radius 1 is 1.34 bits per heavy atom. The Balaban J connectivity index is 1.89. The highest BCUT2D eigenvalue weighted by molar-refractivity contribution is 7.21. The summed E-state index contributed by atoms with van der Waals surface area (Å²) in [6.45, 7) is 5.46. The first kappa shape index (κ1) is 21.1. The predicted octanol–water partition coefficient (Wildman–Crippen LogP) is 4.14. The topological polar surface area (TPSA) is 103 Å². The van der Waals surface area contributed by atoms with Crippen LogP contribution in [0.1, 0.15) is 45.2 Å². The van der Waals surface area contributed by atoms with Crippen molar-refractivity contribution in [2.75, 3.05) is 5.32 Å². The Kier molecular flexibility index (Phi) is 5.85. The van der Waals surface area contributed by atoms with Crippen molar-refractivity contribution < 1.29 is 18.4 Å². The maximum Gasteiger partial charge on any atom is 0.280 e. The number of primary amides is 1. The summed E-state index contributed by atoms with van der Waals surface area (Å²) in [7, 11) is 0. The minimum absolute atomic E-state index is 0.0597. The van der Waals surface area contributed by atoms with Crippen LogP contribution in [0.25, 0.3) is 10.2 Å². The number of carbonyl (C=O) groups is 2. The predicted molar refractivity (Wildman–Crippen MR) is 108 cm³/mol. The number of nitrogens with one attached hydrogen (secondary N) is 1. The van der Waals surface area contributed by atoms with E-state index in [0.29, 0.717) is 21.7 Å². The highest BCUT2D eigenvalue weighted by Crippen LogP contribution is 2.38. The Bertz CT molecular complexity index is 1130. The van der Waals surface area contributed by atoms with Gasteiger partial charge in [0.25, 0.3) is 12.3 Å². The number of hydrogen-bond acceptors (Lipinski definition) is 5. The molecule has 0 atom stereocenters. The zero-order chi connectivity index (χ0) is 21.5. The molecular formula is C18H18ClF2N5O2S. The highest BCUT2D eigenvalue weighted by atomic mass is 35.5. The van der Waals surface area contributed by atoms with Gasteiger partial charge < -0.3 is 11.1 Å². The van der Waals surface area contributed by atoms with Crippen molar-refractivity contribution in [3.05, 3.63) is 38.6 Å². The smallest absolute Gasteiger partial charge is 0.280 e. The van der Waals surface area contributed by atoms with Crippen LogP contribution in [0.4, 0.5) is 14.5 Å². The summed E-state index contributed by atoms with van der Waals surface area (Å²) in [5.74, 6) is -1.15. The molecule has 0 aliphatic rings. The molecule has 2 amide bonds. The van der Waals surface area contributed by atoms with Gasteiger partial charge in [-0.1, -0.05) is 11.6 Å². The fourth-order valence-electron chi connectivity index (χ4n) is 3.01. The number of thiophene rings is 1. The molecule has 0 radical (unpaired) electrons. The van der Waals surface area contributed by atoms with Crippen LogP contribution in [-0.2, 0) is 11.3 Å². The summed E-state index contributed by atoms with van der Waals surface area (Å²) in [5, 5.41) is 7.92. The number of hydrogen-bond donors (Lipinski definition) is 2. The van der Waals surface area contributed by atoms with Crippen LogP contribution >= 0.6 is 22.9 Å². The third kappa shape index (κ3) is 4.08. The largest absolute Gasteiger partial charge is 0.365 e. The molecule has 0 aliphatic carbocycles. The second kappa shape index (κ2) is 8.03. The van der Waals surface area contributed by atoms with E-state index in [-0.39, 0.29) is 34.3 Å². The van der Waals surface area contributed by atoms with E-state index < -0.39 is 18.0 Å². The van der Waals surface area contributed by atoms with Crippen LogP contribution in [0.3, 0.4) is 0 Å². The van der Waals surface area contributed by atoms with Crippen LogP contribution in [0.15, 0.2) is 6.07 Å². The number of aromatic nitrogens is 3. The van der Waals surface area contributed by atoms with E-state index in [4.69, 9.17) is 17.3 Å². The molecule has 29 heavy (non-hydrogen) atoms. The summed E-state index contributed by atoms with van der Waals surface area (Å²) in [5.41, 5.74) is 7.10. The van der Waals surface area contributed by atoms with Gasteiger partial charge in [-0.15, -0.1) is 11.3 Å². The number of nitrogens with two attached hydrogens (primary N) is 1. The van der Waals surface area contributed by atoms with Crippen molar-refractivity contribution in [1.29, 1.82) is 0 Å². The molecule has 0 aliphatic heterocycles. The van der Waals surface area contributed by atoms with E-state index in [1.807, 2.05) is 0 Å². The monoisotopic (exact) mass is 441 g/mol. The Morgan fingerprint density at radius 2 is 2.03 bits per heavy atom. The molecule has 0 aromatic carbocycles. The molecule has 11 heteroatoms. The number of aryl methyl sites for hydroxylation is 3. The lowest BCUT2D eigenvalue weighted by Crippen LogP contribution is -2.18. The zero-order valence-corrected chi connectivity index (χ0v) is 17.4. The first-order valence-corrected chi connectivity index (χ1v) is 9.81. The fourth-order valence-corrected chi connectivity index (χ4v) is 4.21. The van der Waals surface area contributed by atoms with E-state index in [9.17, 15) is 18.4 Å². The molecule has 3 N–H and O–H groups in total. The first-order valence-electron chi connectivity index (χ1n) is 8.61. The van der Waals surface area contributed by atoms with Crippen LogP contribution in [0.5, 0.6) is 0 Å². The second-order valence-electron chi connectivity index (χ2n) is 6.52. The Hall–Kier alpha value is -2.59. The minimum atomic E-state index is -2.75. The van der Waals surface area contributed by atoms with Crippen molar-refractivity contribution in [2.45, 2.75) is 40.2 Å². The molecule has 0 saturated carbocycles. The van der Waals surface area contributed by atoms with Gasteiger partial charge in [-0.25, -0.2) is 13.8 Å². The van der Waals surface area contributed by atoms with Crippen LogP contribution in [-0.4, -0.2) is 26.6 Å². The van der Waals surface area contributed by atoms with E-state index in [1.54, 1.807) is 25.5 Å². The summed E-state index contributed by atoms with van der Waals surface area (Å²) in [4.78, 5) is 28.5. The van der Waals surface area contributed by atoms with E-state index in [0.717, 1.165) is 17.0 Å². The van der Waals surface area contributed by atoms with Gasteiger partial charge in [0, 0.05) is 11.8 Å². The molecule has 3 rings (SSSR count). The molecule has 0 spiro atoms. The lowest BCUT2D eigenvalue weighted by Gasteiger charge is -2.09. The van der Waals surface area contributed by atoms with Crippen molar-refractivity contribution in [3.63, 3.8) is 0 Å². The average molecular weight is 442 g/mol. The number of amides is 2. The zero-order valence-electron chi connectivity index (χ0n) is 15.8. The molecule has 0 unspecified atom stereocenters. The van der Waals surface area contributed by atoms with Crippen molar-refractivity contribution >= 4 is 50.7 Å². The van der Waals surface area contributed by atoms with E-state index in [1.165, 1.54) is 6.07 Å². The SMILES string of the molecule is Cc1nn(CCC(=O)Nc2c(C(N)=O)sc3nc(C(F)F)cc(C)c23)c(C)c1Cl. The highest BCUT2D eigenvalue weighted by Gasteiger charge is 2.23. The molecular weight excluding hydrogens is 424 g/mol. The second-order valence-corrected chi connectivity index (χ2v) is 7.90. The number of fused-ring (bicyclic) bond motifs is 1. The molecule has 0 saturated heterocycles. The number of anilines is 1. The molecule has 0 bridgehead atoms. The van der Waals surface area contributed by atoms with Gasteiger partial charge in [0.2, 0.25) is 5.91 Å². The minimum Gasteiger partial charge on any atom is -0.365 e. The maximum absolute atomic E-state index is 13.0. The number of nitrogens with zero attached hydrogens (tertiary/aromatic N) is 3. The Labute approximate surface area is 173 Å². The summed E-state index contributed by atoms with van der Waals surface area (Å²) >= 11 is 6.98. The van der Waals surface area contributed by atoms with Gasteiger partial charge in [-0.05, 0) is 32.4 Å². The molecule has 154 valence electrons. The van der Waals surface area contributed by atoms with Crippen LogP contribution in [0, 0.1) is 20.8 Å². The van der Waals surface area contributed by atoms with Gasteiger partial charge in [0.1, 0.15) is 15.4 Å².